The van der Waals surface area contributed by atoms with Crippen LogP contribution in [0.4, 0.5) is 0 Å². The molecule has 1 aliphatic rings. The lowest BCUT2D eigenvalue weighted by atomic mass is 10.4. The molecule has 2 amide bonds. The Morgan fingerprint density at radius 2 is 1.55 bits per heavy atom. The minimum atomic E-state index is -0.616. The first-order chi connectivity index (χ1) is 9.54. The quantitative estimate of drug-likeness (QED) is 0.282. The highest BCUT2D eigenvalue weighted by molar-refractivity contribution is 8.76. The van der Waals surface area contributed by atoms with Gasteiger partial charge in [-0.15, -0.1) is 5.06 Å². The van der Waals surface area contributed by atoms with Gasteiger partial charge in [0.1, 0.15) is 0 Å². The summed E-state index contributed by atoms with van der Waals surface area (Å²) >= 11 is 0. The van der Waals surface area contributed by atoms with E-state index in [4.69, 9.17) is 4.84 Å². The summed E-state index contributed by atoms with van der Waals surface area (Å²) in [5.41, 5.74) is 0. The van der Waals surface area contributed by atoms with Gasteiger partial charge in [0.25, 0.3) is 11.8 Å². The summed E-state index contributed by atoms with van der Waals surface area (Å²) < 4.78 is 4.48. The van der Waals surface area contributed by atoms with Gasteiger partial charge in [0.05, 0.1) is 20.0 Å². The van der Waals surface area contributed by atoms with Crippen LogP contribution >= 0.6 is 21.6 Å². The summed E-state index contributed by atoms with van der Waals surface area (Å²) in [6, 6.07) is 0. The van der Waals surface area contributed by atoms with Gasteiger partial charge in [0, 0.05) is 24.3 Å². The smallest absolute Gasteiger partial charge is 0.334 e. The zero-order valence-corrected chi connectivity index (χ0v) is 12.6. The molecule has 0 atom stereocenters. The van der Waals surface area contributed by atoms with Crippen molar-refractivity contribution in [3.05, 3.63) is 0 Å². The second-order valence-corrected chi connectivity index (χ2v) is 6.47. The third-order valence-electron chi connectivity index (χ3n) is 2.29. The molecule has 0 aromatic rings. The molecule has 1 rings (SSSR count). The zero-order chi connectivity index (χ0) is 15.0. The number of hydrogen-bond acceptors (Lipinski definition) is 8. The van der Waals surface area contributed by atoms with Crippen molar-refractivity contribution in [3.8, 4) is 0 Å². The van der Waals surface area contributed by atoms with Crippen molar-refractivity contribution in [3.63, 3.8) is 0 Å². The lowest BCUT2D eigenvalue weighted by Crippen LogP contribution is -2.32. The van der Waals surface area contributed by atoms with E-state index in [1.165, 1.54) is 28.7 Å². The van der Waals surface area contributed by atoms with Crippen molar-refractivity contribution >= 4 is 45.3 Å². The predicted octanol–water partition coefficient (Wildman–Crippen LogP) is 0.928. The van der Waals surface area contributed by atoms with E-state index in [9.17, 15) is 19.2 Å². The molecule has 0 radical (unpaired) electrons. The number of ether oxygens (including phenoxy) is 1. The van der Waals surface area contributed by atoms with Crippen LogP contribution in [-0.2, 0) is 28.8 Å². The molecule has 0 unspecified atom stereocenters. The van der Waals surface area contributed by atoms with E-state index in [0.717, 1.165) is 0 Å². The fourth-order valence-electron chi connectivity index (χ4n) is 1.28. The molecule has 7 nitrogen and oxygen atoms in total. The van der Waals surface area contributed by atoms with Gasteiger partial charge < -0.3 is 9.57 Å². The van der Waals surface area contributed by atoms with Crippen LogP contribution in [-0.4, -0.2) is 47.4 Å². The first kappa shape index (κ1) is 16.8. The Balaban J connectivity index is 2.07. The number of carbonyl (C=O) groups excluding carboxylic acids is 4. The van der Waals surface area contributed by atoms with Gasteiger partial charge in [-0.05, 0) is 0 Å². The van der Waals surface area contributed by atoms with E-state index in [1.807, 2.05) is 0 Å². The maximum atomic E-state index is 11.4. The molecule has 9 heteroatoms. The highest BCUT2D eigenvalue weighted by Gasteiger charge is 2.32. The molecule has 1 fully saturated rings. The Morgan fingerprint density at radius 1 is 1.05 bits per heavy atom. The van der Waals surface area contributed by atoms with Gasteiger partial charge >= 0.3 is 11.9 Å². The molecule has 1 aliphatic heterocycles. The number of hydroxylamine groups is 2. The summed E-state index contributed by atoms with van der Waals surface area (Å²) in [4.78, 5) is 49.3. The number of hydrogen-bond donors (Lipinski definition) is 0. The van der Waals surface area contributed by atoms with Crippen LogP contribution in [0.3, 0.4) is 0 Å². The van der Waals surface area contributed by atoms with Crippen LogP contribution in [0.5, 0.6) is 0 Å². The Bertz CT molecular complexity index is 384. The molecule has 112 valence electrons. The number of rotatable bonds is 8. The molecule has 0 aromatic heterocycles. The number of nitrogens with zero attached hydrogens (tertiary/aromatic N) is 1. The van der Waals surface area contributed by atoms with E-state index >= 15 is 0 Å². The molecular weight excluding hydrogens is 306 g/mol. The highest BCUT2D eigenvalue weighted by Crippen LogP contribution is 2.23. The molecule has 0 aromatic carbocycles. The number of methoxy groups -OCH3 is 1. The van der Waals surface area contributed by atoms with Crippen LogP contribution in [0.2, 0.25) is 0 Å². The SMILES string of the molecule is COC(=O)CCSSCCC(=O)ON1C(=O)CCC1=O. The van der Waals surface area contributed by atoms with Gasteiger partial charge in [-0.3, -0.25) is 14.4 Å². The minimum absolute atomic E-state index is 0.0875. The Hall–Kier alpha value is -1.22. The molecule has 0 saturated carbocycles. The summed E-state index contributed by atoms with van der Waals surface area (Å²) in [5, 5.41) is 0.539. The fourth-order valence-corrected chi connectivity index (χ4v) is 3.22. The zero-order valence-electron chi connectivity index (χ0n) is 11.0. The van der Waals surface area contributed by atoms with Gasteiger partial charge in [-0.25, -0.2) is 4.79 Å². The number of imide groups is 1. The molecule has 20 heavy (non-hydrogen) atoms. The average molecular weight is 321 g/mol. The largest absolute Gasteiger partial charge is 0.469 e. The van der Waals surface area contributed by atoms with E-state index in [0.29, 0.717) is 23.0 Å². The predicted molar refractivity (Wildman–Crippen MR) is 73.3 cm³/mol. The second-order valence-electron chi connectivity index (χ2n) is 3.77. The van der Waals surface area contributed by atoms with Crippen LogP contribution in [0.25, 0.3) is 0 Å². The molecule has 0 bridgehead atoms. The van der Waals surface area contributed by atoms with Crippen molar-refractivity contribution in [1.29, 1.82) is 0 Å². The Kier molecular flexibility index (Phi) is 7.45. The summed E-state index contributed by atoms with van der Waals surface area (Å²) in [6.45, 7) is 0. The van der Waals surface area contributed by atoms with Gasteiger partial charge in [-0.2, -0.15) is 0 Å². The van der Waals surface area contributed by atoms with Gasteiger partial charge in [0.15, 0.2) is 0 Å². The van der Waals surface area contributed by atoms with Crippen molar-refractivity contribution in [1.82, 2.24) is 5.06 Å². The second kappa shape index (κ2) is 8.85. The average Bonchev–Trinajstić information content (AvgIpc) is 2.74. The Labute approximate surface area is 124 Å². The van der Waals surface area contributed by atoms with Crippen LogP contribution < -0.4 is 0 Å². The lowest BCUT2D eigenvalue weighted by molar-refractivity contribution is -0.197. The summed E-state index contributed by atoms with van der Waals surface area (Å²) in [6.07, 6.45) is 0.580. The van der Waals surface area contributed by atoms with E-state index in [-0.39, 0.29) is 25.2 Å². The molecule has 1 heterocycles. The molecular formula is C11H15NO6S2. The number of esters is 1. The fraction of sp³-hybridized carbons (Fsp3) is 0.636. The van der Waals surface area contributed by atoms with Gasteiger partial charge in [-0.1, -0.05) is 21.6 Å². The van der Waals surface area contributed by atoms with Crippen LogP contribution in [0, 0.1) is 0 Å². The maximum Gasteiger partial charge on any atom is 0.334 e. The van der Waals surface area contributed by atoms with Crippen molar-refractivity contribution in [2.24, 2.45) is 0 Å². The lowest BCUT2D eigenvalue weighted by Gasteiger charge is -2.12. The molecule has 1 saturated heterocycles. The molecule has 0 N–H and O–H groups in total. The summed E-state index contributed by atoms with van der Waals surface area (Å²) in [7, 11) is 4.19. The monoisotopic (exact) mass is 321 g/mol. The van der Waals surface area contributed by atoms with Crippen LogP contribution in [0.15, 0.2) is 0 Å². The minimum Gasteiger partial charge on any atom is -0.469 e. The third kappa shape index (κ3) is 5.83. The van der Waals surface area contributed by atoms with E-state index in [1.54, 1.807) is 0 Å². The number of carbonyl (C=O) groups is 4. The first-order valence-electron chi connectivity index (χ1n) is 5.92. The Morgan fingerprint density at radius 3 is 2.05 bits per heavy atom. The number of amides is 2. The molecule has 0 spiro atoms. The first-order valence-corrected chi connectivity index (χ1v) is 8.41. The third-order valence-corrected chi connectivity index (χ3v) is 4.70. The maximum absolute atomic E-state index is 11.4. The van der Waals surface area contributed by atoms with Gasteiger partial charge in [0.2, 0.25) is 0 Å². The van der Waals surface area contributed by atoms with E-state index < -0.39 is 17.8 Å². The molecule has 0 aliphatic carbocycles. The highest BCUT2D eigenvalue weighted by atomic mass is 33.1. The van der Waals surface area contributed by atoms with Crippen LogP contribution in [0.1, 0.15) is 25.7 Å². The topological polar surface area (TPSA) is 90.0 Å². The van der Waals surface area contributed by atoms with Crippen molar-refractivity contribution in [2.45, 2.75) is 25.7 Å². The van der Waals surface area contributed by atoms with E-state index in [2.05, 4.69) is 4.74 Å². The summed E-state index contributed by atoms with van der Waals surface area (Å²) in [5.74, 6) is -0.790. The van der Waals surface area contributed by atoms with Crippen molar-refractivity contribution in [2.75, 3.05) is 18.6 Å². The normalized spacial score (nSPS) is 14.6. The van der Waals surface area contributed by atoms with Crippen molar-refractivity contribution < 1.29 is 28.8 Å². The standard InChI is InChI=1S/C11H15NO6S2/c1-17-10(15)4-6-19-20-7-5-11(16)18-12-8(13)2-3-9(12)14/h2-7H2,1H3.